The average Bonchev–Trinajstić information content (AvgIpc) is 3.42. The van der Waals surface area contributed by atoms with Gasteiger partial charge in [0.05, 0.1) is 18.2 Å². The summed E-state index contributed by atoms with van der Waals surface area (Å²) in [5, 5.41) is 1.06. The number of hydrogen-bond donors (Lipinski definition) is 1. The molecule has 1 N–H and O–H groups in total. The number of rotatable bonds is 9. The molecule has 3 heterocycles. The predicted molar refractivity (Wildman–Crippen MR) is 178 cm³/mol. The number of likely N-dealkylation sites (N-methyl/N-ethyl adjacent to an activating group) is 1. The Labute approximate surface area is 271 Å². The van der Waals surface area contributed by atoms with E-state index in [0.29, 0.717) is 18.5 Å². The van der Waals surface area contributed by atoms with Crippen LogP contribution in [0.3, 0.4) is 0 Å². The van der Waals surface area contributed by atoms with Crippen molar-refractivity contribution in [3.8, 4) is 17.0 Å². The first-order valence-electron chi connectivity index (χ1n) is 16.6. The summed E-state index contributed by atoms with van der Waals surface area (Å²) in [7, 11) is 2.62. The van der Waals surface area contributed by atoms with Crippen molar-refractivity contribution in [2.45, 2.75) is 75.9 Å². The molecule has 2 atom stereocenters. The van der Waals surface area contributed by atoms with Crippen LogP contribution in [0, 0.1) is 5.41 Å². The highest BCUT2D eigenvalue weighted by molar-refractivity contribution is 7.87. The fraction of sp³-hybridized carbons (Fsp3) is 0.543. The largest absolute Gasteiger partial charge is 0.497 e. The van der Waals surface area contributed by atoms with Gasteiger partial charge >= 0.3 is 10.2 Å². The maximum absolute atomic E-state index is 14.3. The number of nitrogens with zero attached hydrogens (tertiary/aromatic N) is 4. The lowest BCUT2D eigenvalue weighted by Crippen LogP contribution is -2.50. The highest BCUT2D eigenvalue weighted by Gasteiger charge is 2.56. The Morgan fingerprint density at radius 1 is 1.00 bits per heavy atom. The van der Waals surface area contributed by atoms with Gasteiger partial charge in [-0.05, 0) is 92.6 Å². The number of hydrogen-bond acceptors (Lipinski definition) is 6. The van der Waals surface area contributed by atoms with Gasteiger partial charge < -0.3 is 14.2 Å². The van der Waals surface area contributed by atoms with E-state index in [1.165, 1.54) is 26.1 Å². The average molecular weight is 648 g/mol. The normalized spacial score (nSPS) is 22.9. The van der Waals surface area contributed by atoms with E-state index in [1.54, 1.807) is 13.2 Å². The summed E-state index contributed by atoms with van der Waals surface area (Å²) in [6.45, 7) is 2.23. The second kappa shape index (κ2) is 11.7. The molecule has 3 aromatic rings. The van der Waals surface area contributed by atoms with Crippen LogP contribution >= 0.6 is 0 Å². The van der Waals surface area contributed by atoms with E-state index in [-0.39, 0.29) is 17.5 Å². The molecular formula is C35H45N5O5S. The molecule has 2 aromatic carbocycles. The SMILES string of the molecule is COc1ccc(-c2c(C3CCCCC3)c3ccc(C(=O)NS(=O)(=O)N(C)C)cc3n2CC2(C(=O)N3C[C@@H]4C[C@H]3CN4C)CC2)cc1. The van der Waals surface area contributed by atoms with Crippen molar-refractivity contribution >= 4 is 32.9 Å². The van der Waals surface area contributed by atoms with E-state index in [2.05, 4.69) is 38.3 Å². The number of ether oxygens (including phenoxy) is 1. The first-order chi connectivity index (χ1) is 22.0. The van der Waals surface area contributed by atoms with Gasteiger partial charge in [-0.2, -0.15) is 12.7 Å². The third-order valence-electron chi connectivity index (χ3n) is 11.0. The number of piperazine rings is 1. The lowest BCUT2D eigenvalue weighted by Gasteiger charge is -2.35. The standard InChI is InChI=1S/C35H45N5O5S/c1-37(2)46(43,44)36-33(41)25-12-15-29-30(18-25)40(22-35(16-17-35)34(42)39-21-26-19-27(39)20-38(26)3)32(24-10-13-28(45-4)14-11-24)31(29)23-8-6-5-7-9-23/h10-15,18,23,26-27H,5-9,16-17,19-22H2,1-4H3,(H,36,41)/t26-,27-/m0/s1. The highest BCUT2D eigenvalue weighted by Crippen LogP contribution is 2.53. The number of methoxy groups -OCH3 is 1. The van der Waals surface area contributed by atoms with E-state index in [0.717, 1.165) is 90.3 Å². The molecule has 4 fully saturated rings. The number of aromatic nitrogens is 1. The molecule has 2 aliphatic carbocycles. The van der Waals surface area contributed by atoms with Crippen molar-refractivity contribution in [1.82, 2.24) is 23.4 Å². The summed E-state index contributed by atoms with van der Waals surface area (Å²) >= 11 is 0. The van der Waals surface area contributed by atoms with Crippen LogP contribution in [0.4, 0.5) is 0 Å². The zero-order valence-electron chi connectivity index (χ0n) is 27.3. The van der Waals surface area contributed by atoms with Gasteiger partial charge in [0, 0.05) is 62.3 Å². The summed E-state index contributed by atoms with van der Waals surface area (Å²) in [5.41, 5.74) is 4.03. The lowest BCUT2D eigenvalue weighted by atomic mass is 9.81. The molecule has 0 spiro atoms. The third-order valence-corrected chi connectivity index (χ3v) is 12.4. The van der Waals surface area contributed by atoms with Crippen molar-refractivity contribution in [3.63, 3.8) is 0 Å². The van der Waals surface area contributed by atoms with Crippen molar-refractivity contribution in [2.24, 2.45) is 5.41 Å². The maximum Gasteiger partial charge on any atom is 0.303 e. The summed E-state index contributed by atoms with van der Waals surface area (Å²) in [6, 6.07) is 14.4. The number of amides is 2. The minimum Gasteiger partial charge on any atom is -0.497 e. The lowest BCUT2D eigenvalue weighted by molar-refractivity contribution is -0.139. The minimum atomic E-state index is -3.96. The topological polar surface area (TPSA) is 104 Å². The number of carbonyl (C=O) groups is 2. The molecule has 7 rings (SSSR count). The first-order valence-corrected chi connectivity index (χ1v) is 18.0. The number of carbonyl (C=O) groups excluding carboxylic acids is 2. The zero-order chi connectivity index (χ0) is 32.4. The van der Waals surface area contributed by atoms with E-state index >= 15 is 0 Å². The number of fused-ring (bicyclic) bond motifs is 3. The summed E-state index contributed by atoms with van der Waals surface area (Å²) < 4.78 is 36.1. The maximum atomic E-state index is 14.3. The van der Waals surface area contributed by atoms with Gasteiger partial charge in [-0.15, -0.1) is 0 Å². The van der Waals surface area contributed by atoms with Crippen LogP contribution < -0.4 is 9.46 Å². The van der Waals surface area contributed by atoms with Crippen molar-refractivity contribution in [2.75, 3.05) is 41.3 Å². The minimum absolute atomic E-state index is 0.251. The van der Waals surface area contributed by atoms with Gasteiger partial charge in [-0.25, -0.2) is 4.72 Å². The van der Waals surface area contributed by atoms with E-state index in [4.69, 9.17) is 4.74 Å². The molecule has 11 heteroatoms. The molecule has 10 nitrogen and oxygen atoms in total. The molecular weight excluding hydrogens is 602 g/mol. The van der Waals surface area contributed by atoms with Crippen molar-refractivity contribution < 1.29 is 22.7 Å². The van der Waals surface area contributed by atoms with Gasteiger partial charge in [0.2, 0.25) is 5.91 Å². The molecule has 1 aromatic heterocycles. The van der Waals surface area contributed by atoms with Gasteiger partial charge in [0.1, 0.15) is 5.75 Å². The van der Waals surface area contributed by atoms with Crippen LogP contribution in [0.15, 0.2) is 42.5 Å². The van der Waals surface area contributed by atoms with Crippen molar-refractivity contribution in [3.05, 3.63) is 53.6 Å². The van der Waals surface area contributed by atoms with Gasteiger partial charge in [-0.1, -0.05) is 25.3 Å². The number of benzene rings is 2. The molecule has 2 saturated heterocycles. The summed E-state index contributed by atoms with van der Waals surface area (Å²) in [6.07, 6.45) is 8.42. The van der Waals surface area contributed by atoms with E-state index in [1.807, 2.05) is 24.3 Å². The zero-order valence-corrected chi connectivity index (χ0v) is 28.1. The Kier molecular flexibility index (Phi) is 7.92. The van der Waals surface area contributed by atoms with Gasteiger partial charge in [0.15, 0.2) is 0 Å². The summed E-state index contributed by atoms with van der Waals surface area (Å²) in [4.78, 5) is 32.2. The second-order valence-corrected chi connectivity index (χ2v) is 16.0. The molecule has 2 amide bonds. The predicted octanol–water partition coefficient (Wildman–Crippen LogP) is 4.60. The Morgan fingerprint density at radius 2 is 1.72 bits per heavy atom. The number of likely N-dealkylation sites (tertiary alicyclic amines) is 2. The van der Waals surface area contributed by atoms with Gasteiger partial charge in [-0.3, -0.25) is 14.5 Å². The molecule has 4 aliphatic rings. The molecule has 2 saturated carbocycles. The fourth-order valence-corrected chi connectivity index (χ4v) is 8.66. The summed E-state index contributed by atoms with van der Waals surface area (Å²) in [5.74, 6) is 0.692. The smallest absolute Gasteiger partial charge is 0.303 e. The third kappa shape index (κ3) is 5.40. The van der Waals surface area contributed by atoms with Crippen molar-refractivity contribution in [1.29, 1.82) is 0 Å². The second-order valence-electron chi connectivity index (χ2n) is 14.1. The molecule has 246 valence electrons. The molecule has 2 bridgehead atoms. The van der Waals surface area contributed by atoms with Crippen LogP contribution in [-0.2, 0) is 21.5 Å². The van der Waals surface area contributed by atoms with Crippen LogP contribution in [0.2, 0.25) is 0 Å². The Bertz CT molecular complexity index is 1770. The highest BCUT2D eigenvalue weighted by atomic mass is 32.2. The molecule has 2 aliphatic heterocycles. The first kappa shape index (κ1) is 31.2. The van der Waals surface area contributed by atoms with E-state index in [9.17, 15) is 18.0 Å². The quantitative estimate of drug-likeness (QED) is 0.364. The Hall–Kier alpha value is -3.41. The van der Waals surface area contributed by atoms with Crippen LogP contribution in [0.25, 0.3) is 22.2 Å². The van der Waals surface area contributed by atoms with Gasteiger partial charge in [0.25, 0.3) is 5.91 Å². The van der Waals surface area contributed by atoms with Crippen LogP contribution in [0.1, 0.15) is 73.2 Å². The van der Waals surface area contributed by atoms with E-state index < -0.39 is 21.5 Å². The Balaban J connectivity index is 1.37. The van der Waals surface area contributed by atoms with Crippen LogP contribution in [-0.4, -0.2) is 92.3 Å². The molecule has 0 radical (unpaired) electrons. The number of nitrogens with one attached hydrogen (secondary N) is 1. The molecule has 46 heavy (non-hydrogen) atoms. The monoisotopic (exact) mass is 647 g/mol. The fourth-order valence-electron chi connectivity index (χ4n) is 8.13. The molecule has 0 unspecified atom stereocenters. The Morgan fingerprint density at radius 3 is 2.30 bits per heavy atom. The van der Waals surface area contributed by atoms with Crippen LogP contribution in [0.5, 0.6) is 5.75 Å².